The summed E-state index contributed by atoms with van der Waals surface area (Å²) in [6, 6.07) is 4.73. The molecule has 0 bridgehead atoms. The number of halogens is 3. The fourth-order valence-electron chi connectivity index (χ4n) is 1.03. The van der Waals surface area contributed by atoms with Gasteiger partial charge in [-0.15, -0.1) is 0 Å². The summed E-state index contributed by atoms with van der Waals surface area (Å²) in [6.07, 6.45) is -4.40. The first-order valence-electron chi connectivity index (χ1n) is 4.27. The van der Waals surface area contributed by atoms with Gasteiger partial charge in [0.2, 0.25) is 0 Å². The van der Waals surface area contributed by atoms with Gasteiger partial charge in [0, 0.05) is 11.3 Å². The molecule has 0 radical (unpaired) electrons. The van der Waals surface area contributed by atoms with Crippen molar-refractivity contribution in [3.63, 3.8) is 0 Å². The monoisotopic (exact) mass is 224 g/mol. The van der Waals surface area contributed by atoms with Crippen LogP contribution >= 0.6 is 0 Å². The first kappa shape index (κ1) is 11.9. The summed E-state index contributed by atoms with van der Waals surface area (Å²) in [5.41, 5.74) is 4.86. The molecule has 0 saturated heterocycles. The van der Waals surface area contributed by atoms with Crippen LogP contribution < -0.4 is 5.73 Å². The number of nitriles is 1. The molecule has 0 unspecified atom stereocenters. The molecule has 82 valence electrons. The van der Waals surface area contributed by atoms with Crippen LogP contribution in [-0.2, 0) is 6.18 Å². The zero-order chi connectivity index (χ0) is 12.2. The maximum atomic E-state index is 12.3. The summed E-state index contributed by atoms with van der Waals surface area (Å²) in [5.74, 6) is 5.01. The number of hydrogen-bond donors (Lipinski definition) is 1. The second-order valence-electron chi connectivity index (χ2n) is 2.94. The van der Waals surface area contributed by atoms with E-state index in [1.165, 1.54) is 6.07 Å². The minimum atomic E-state index is -4.41. The van der Waals surface area contributed by atoms with Crippen molar-refractivity contribution < 1.29 is 13.2 Å². The van der Waals surface area contributed by atoms with Crippen LogP contribution in [0.25, 0.3) is 0 Å². The molecule has 0 heterocycles. The van der Waals surface area contributed by atoms with Crippen molar-refractivity contribution in [3.05, 3.63) is 29.3 Å². The molecule has 0 amide bonds. The molecule has 0 aliphatic carbocycles. The highest BCUT2D eigenvalue weighted by atomic mass is 19.4. The molecule has 1 aromatic rings. The van der Waals surface area contributed by atoms with E-state index in [0.29, 0.717) is 5.56 Å². The van der Waals surface area contributed by atoms with Gasteiger partial charge >= 0.3 is 6.18 Å². The topological polar surface area (TPSA) is 49.8 Å². The molecule has 1 rings (SSSR count). The summed E-state index contributed by atoms with van der Waals surface area (Å²) < 4.78 is 36.8. The number of nitrogens with two attached hydrogens (primary N) is 1. The maximum absolute atomic E-state index is 12.3. The summed E-state index contributed by atoms with van der Waals surface area (Å²) in [6.45, 7) is 0. The van der Waals surface area contributed by atoms with Gasteiger partial charge in [0.25, 0.3) is 0 Å². The standard InChI is InChI=1S/C11H7F3N2/c12-11(13,14)9-5-4-8(10(16)7-9)3-1-2-6-15/h4-5,7H,2,16H2. The predicted octanol–water partition coefficient (Wildman–Crippen LogP) is 2.55. The highest BCUT2D eigenvalue weighted by molar-refractivity contribution is 5.57. The van der Waals surface area contributed by atoms with E-state index in [1.54, 1.807) is 6.07 Å². The zero-order valence-electron chi connectivity index (χ0n) is 8.10. The minimum Gasteiger partial charge on any atom is -0.398 e. The van der Waals surface area contributed by atoms with Crippen molar-refractivity contribution in [2.45, 2.75) is 12.6 Å². The summed E-state index contributed by atoms with van der Waals surface area (Å²) in [5, 5.41) is 8.23. The average molecular weight is 224 g/mol. The van der Waals surface area contributed by atoms with E-state index in [4.69, 9.17) is 11.0 Å². The molecular formula is C11H7F3N2. The largest absolute Gasteiger partial charge is 0.416 e. The molecular weight excluding hydrogens is 217 g/mol. The Hall–Kier alpha value is -2.14. The smallest absolute Gasteiger partial charge is 0.398 e. The fraction of sp³-hybridized carbons (Fsp3) is 0.182. The Labute approximate surface area is 90.5 Å². The van der Waals surface area contributed by atoms with Gasteiger partial charge in [-0.2, -0.15) is 18.4 Å². The van der Waals surface area contributed by atoms with Gasteiger partial charge in [-0.05, 0) is 18.2 Å². The number of rotatable bonds is 0. The molecule has 0 saturated carbocycles. The van der Waals surface area contributed by atoms with Crippen LogP contribution in [0.4, 0.5) is 18.9 Å². The van der Waals surface area contributed by atoms with Gasteiger partial charge in [-0.1, -0.05) is 11.8 Å². The van der Waals surface area contributed by atoms with Gasteiger partial charge in [0.1, 0.15) is 0 Å². The molecule has 0 aromatic heterocycles. The Morgan fingerprint density at radius 1 is 1.31 bits per heavy atom. The summed E-state index contributed by atoms with van der Waals surface area (Å²) >= 11 is 0. The molecule has 0 aliphatic rings. The number of hydrogen-bond acceptors (Lipinski definition) is 2. The Balaban J connectivity index is 3.03. The lowest BCUT2D eigenvalue weighted by Gasteiger charge is -2.07. The third kappa shape index (κ3) is 2.93. The third-order valence-electron chi connectivity index (χ3n) is 1.77. The Kier molecular flexibility index (Phi) is 3.42. The van der Waals surface area contributed by atoms with E-state index >= 15 is 0 Å². The van der Waals surface area contributed by atoms with Gasteiger partial charge in [-0.25, -0.2) is 0 Å². The number of nitrogens with zero attached hydrogens (tertiary/aromatic N) is 1. The first-order chi connectivity index (χ1) is 7.45. The van der Waals surface area contributed by atoms with Crippen molar-refractivity contribution in [3.8, 4) is 17.9 Å². The average Bonchev–Trinajstić information content (AvgIpc) is 2.19. The normalized spacial score (nSPS) is 10.1. The van der Waals surface area contributed by atoms with Gasteiger partial charge in [0.15, 0.2) is 0 Å². The molecule has 0 fully saturated rings. The predicted molar refractivity (Wildman–Crippen MR) is 53.0 cm³/mol. The van der Waals surface area contributed by atoms with Crippen molar-refractivity contribution in [2.75, 3.05) is 5.73 Å². The third-order valence-corrected chi connectivity index (χ3v) is 1.77. The van der Waals surface area contributed by atoms with E-state index in [2.05, 4.69) is 11.8 Å². The lowest BCUT2D eigenvalue weighted by atomic mass is 10.1. The van der Waals surface area contributed by atoms with Crippen LogP contribution in [0.5, 0.6) is 0 Å². The van der Waals surface area contributed by atoms with Crippen LogP contribution in [-0.4, -0.2) is 0 Å². The first-order valence-corrected chi connectivity index (χ1v) is 4.27. The lowest BCUT2D eigenvalue weighted by molar-refractivity contribution is -0.137. The Morgan fingerprint density at radius 2 is 2.00 bits per heavy atom. The second-order valence-corrected chi connectivity index (χ2v) is 2.94. The molecule has 2 nitrogen and oxygen atoms in total. The van der Waals surface area contributed by atoms with E-state index in [9.17, 15) is 13.2 Å². The van der Waals surface area contributed by atoms with Crippen LogP contribution in [0.3, 0.4) is 0 Å². The van der Waals surface area contributed by atoms with Crippen molar-refractivity contribution in [1.82, 2.24) is 0 Å². The van der Waals surface area contributed by atoms with E-state index in [0.717, 1.165) is 12.1 Å². The van der Waals surface area contributed by atoms with Crippen molar-refractivity contribution in [2.24, 2.45) is 0 Å². The van der Waals surface area contributed by atoms with Crippen LogP contribution in [0.15, 0.2) is 18.2 Å². The minimum absolute atomic E-state index is 0.0143. The lowest BCUT2D eigenvalue weighted by Crippen LogP contribution is -2.06. The molecule has 0 atom stereocenters. The highest BCUT2D eigenvalue weighted by Crippen LogP contribution is 2.31. The number of nitrogen functional groups attached to an aromatic ring is 1. The molecule has 1 aromatic carbocycles. The summed E-state index contributed by atoms with van der Waals surface area (Å²) in [4.78, 5) is 0. The number of anilines is 1. The fourth-order valence-corrected chi connectivity index (χ4v) is 1.03. The van der Waals surface area contributed by atoms with Crippen LogP contribution in [0, 0.1) is 23.2 Å². The Morgan fingerprint density at radius 3 is 2.50 bits per heavy atom. The number of alkyl halides is 3. The van der Waals surface area contributed by atoms with Crippen LogP contribution in [0.1, 0.15) is 17.5 Å². The van der Waals surface area contributed by atoms with E-state index in [1.807, 2.05) is 0 Å². The van der Waals surface area contributed by atoms with Gasteiger partial charge < -0.3 is 5.73 Å². The van der Waals surface area contributed by atoms with Crippen molar-refractivity contribution in [1.29, 1.82) is 5.26 Å². The molecule has 0 aliphatic heterocycles. The highest BCUT2D eigenvalue weighted by Gasteiger charge is 2.30. The SMILES string of the molecule is N#CCC#Cc1ccc(C(F)(F)F)cc1N. The maximum Gasteiger partial charge on any atom is 0.416 e. The van der Waals surface area contributed by atoms with Crippen LogP contribution in [0.2, 0.25) is 0 Å². The summed E-state index contributed by atoms with van der Waals surface area (Å²) in [7, 11) is 0. The second kappa shape index (κ2) is 4.59. The van der Waals surface area contributed by atoms with E-state index in [-0.39, 0.29) is 12.1 Å². The van der Waals surface area contributed by atoms with E-state index < -0.39 is 11.7 Å². The van der Waals surface area contributed by atoms with Gasteiger partial charge in [0.05, 0.1) is 18.1 Å². The van der Waals surface area contributed by atoms with Gasteiger partial charge in [-0.3, -0.25) is 0 Å². The zero-order valence-corrected chi connectivity index (χ0v) is 8.10. The molecule has 5 heteroatoms. The molecule has 2 N–H and O–H groups in total. The quantitative estimate of drug-likeness (QED) is 0.543. The van der Waals surface area contributed by atoms with Crippen molar-refractivity contribution >= 4 is 5.69 Å². The number of benzene rings is 1. The Bertz CT molecular complexity index is 487. The molecule has 0 spiro atoms. The molecule has 16 heavy (non-hydrogen) atoms.